The van der Waals surface area contributed by atoms with E-state index in [9.17, 15) is 11.0 Å². The summed E-state index contributed by atoms with van der Waals surface area (Å²) in [4.78, 5) is 15.5. The van der Waals surface area contributed by atoms with E-state index in [1.54, 1.807) is 146 Å². The second kappa shape index (κ2) is 33.9. The van der Waals surface area contributed by atoms with Gasteiger partial charge in [0.1, 0.15) is 11.6 Å². The smallest absolute Gasteiger partial charge is 0.254 e. The van der Waals surface area contributed by atoms with Crippen molar-refractivity contribution in [1.29, 1.82) is 0 Å². The molecule has 6 heterocycles. The number of benzene rings is 15. The standard InChI is InChI=1S/C57H47F2N4.C55H35F2N4.2Pt/c1-36-30-44(57(58,59)43-26-27-47-46-22-14-15-23-48(46)63(51(47)33-43)52-34-42(28-29-60-52)56(5,6)7)32-45(31-36)61-35-62(50-25-17-16-24-49(50)61)55-53(40-18-10-8-11-19-40)38(3)37(2)39(4)54(55)41-20-12-9-13-21-41;56-55(57,43-30-31-46-45-25-10-11-26-49(45)61(52(46)36-43)53-29-14-15-32-58-53)42-23-16-24-44(35-42)59-37-60(51-28-13-12-27-50(51)59)54-47(39-19-6-2-7-20-39)33-41(38-17-4-1-5-18-38)34-48(54)40-21-8-3-9-22-40;;/h8-31,34-35H,1-7H3;1-34,37H;;/q2*-3;;/i8D,9D,10D,11D,12D,13D,18D,19D,20D,21D;1D,2D,3D,4D,5D,6D,7D,8D,9D,17D,18D,19D,20D,21D,22D;;. The molecule has 0 atom stereocenters. The van der Waals surface area contributed by atoms with E-state index in [4.69, 9.17) is 28.3 Å². The Morgan fingerprint density at radius 1 is 0.333 bits per heavy atom. The van der Waals surface area contributed by atoms with Crippen LogP contribution >= 0.6 is 0 Å². The molecule has 8 nitrogen and oxygen atoms in total. The zero-order valence-electron chi connectivity index (χ0n) is 93.0. The monoisotopic (exact) mass is 2030 g/mol. The third-order valence-corrected chi connectivity index (χ3v) is 22.6. The Morgan fingerprint density at radius 2 is 0.754 bits per heavy atom. The number of pyridine rings is 2. The SMILES string of the molecule is [2H]c1c([2H])c([2H])c(-c2c(C)c(C)c(C)c(-c3c([2H])c([2H])c([2H])c([2H])c3[2H])c2N2[CH-]N(c3[c-]c(C(F)(F)c4[c-]c5c(cc4)c4ccccc4n5-c4cc(C(C)(C)C)ccn4)cc(C)c3)c3ccccc32)c([2H])c1[2H].[2H]c1c([2H])c([2H])c(-c2cc(-c3c([2H])c([2H])c([2H])c([2H])c3[2H])c(N3[CH-]N(c4[c-]c(C(F)(F)c5[c-]c6c(cc5)c5ccccc5n6-c5ccccn5)ccc4)c4ccccc43)c(-c3c([2H])c([2H])c([2H])c([2H])c3[2H])c2)c([2H])c1[2H].[Pt].[Pt]. The fourth-order valence-electron chi connectivity index (χ4n) is 16.5. The summed E-state index contributed by atoms with van der Waals surface area (Å²) in [6, 6.07) is 49.1. The van der Waals surface area contributed by atoms with Gasteiger partial charge in [-0.15, -0.1) is 53.7 Å². The Hall–Kier alpha value is -13.5. The number of para-hydroxylation sites is 6. The van der Waals surface area contributed by atoms with Crippen molar-refractivity contribution in [3.8, 4) is 67.3 Å². The van der Waals surface area contributed by atoms with Crippen LogP contribution < -0.4 is 19.6 Å². The van der Waals surface area contributed by atoms with Crippen LogP contribution in [0.3, 0.4) is 0 Å². The molecule has 2 aliphatic rings. The van der Waals surface area contributed by atoms with E-state index in [0.29, 0.717) is 67.4 Å². The van der Waals surface area contributed by atoms with Crippen LogP contribution in [0.15, 0.2) is 358 Å². The van der Waals surface area contributed by atoms with Gasteiger partial charge in [0.05, 0.1) is 34.3 Å². The molecule has 0 amide bonds. The predicted octanol–water partition coefficient (Wildman–Crippen LogP) is 29.5. The molecule has 15 aromatic carbocycles. The van der Waals surface area contributed by atoms with Crippen molar-refractivity contribution in [2.45, 2.75) is 65.7 Å². The Kier molecular flexibility index (Phi) is 15.7. The number of rotatable bonds is 15. The van der Waals surface area contributed by atoms with Crippen molar-refractivity contribution in [2.75, 3.05) is 19.6 Å². The van der Waals surface area contributed by atoms with Crippen molar-refractivity contribution < 1.29 is 94.0 Å². The number of alkyl halides is 4. The Bertz CT molecular complexity index is 8640. The molecule has 0 saturated carbocycles. The van der Waals surface area contributed by atoms with Gasteiger partial charge in [-0.1, -0.05) is 279 Å². The van der Waals surface area contributed by atoms with Crippen LogP contribution in [0, 0.1) is 65.3 Å². The number of hydrogen-bond donors (Lipinski definition) is 0. The molecule has 14 heteroatoms. The van der Waals surface area contributed by atoms with E-state index in [-0.39, 0.29) is 115 Å². The number of hydrogen-bond acceptors (Lipinski definition) is 6. The van der Waals surface area contributed by atoms with E-state index in [1.165, 1.54) is 65.0 Å². The average Bonchev–Trinajstić information content (AvgIpc) is 1.71. The molecular formula is C112H82F4N8Pt2-6. The summed E-state index contributed by atoms with van der Waals surface area (Å²) >= 11 is 0. The summed E-state index contributed by atoms with van der Waals surface area (Å²) in [5, 5.41) is 3.06. The maximum atomic E-state index is 17.6. The fourth-order valence-corrected chi connectivity index (χ4v) is 16.5. The maximum absolute atomic E-state index is 17.6. The summed E-state index contributed by atoms with van der Waals surface area (Å²) in [6.07, 6.45) is 3.33. The third-order valence-electron chi connectivity index (χ3n) is 22.6. The van der Waals surface area contributed by atoms with Gasteiger partial charge in [-0.05, 0) is 165 Å². The average molecular weight is 2030 g/mol. The molecule has 0 radical (unpaired) electrons. The minimum absolute atomic E-state index is 0. The van der Waals surface area contributed by atoms with E-state index in [0.717, 1.165) is 32.8 Å². The Balaban J connectivity index is 0.000000194. The molecule has 0 spiro atoms. The van der Waals surface area contributed by atoms with E-state index in [1.807, 2.05) is 65.2 Å². The van der Waals surface area contributed by atoms with Gasteiger partial charge in [0.2, 0.25) is 0 Å². The molecule has 21 rings (SSSR count). The van der Waals surface area contributed by atoms with Crippen molar-refractivity contribution in [2.24, 2.45) is 0 Å². The molecule has 624 valence electrons. The Labute approximate surface area is 795 Å². The molecule has 0 bridgehead atoms. The van der Waals surface area contributed by atoms with Crippen LogP contribution in [0.25, 0.3) is 111 Å². The molecule has 19 aromatic rings. The van der Waals surface area contributed by atoms with Gasteiger partial charge >= 0.3 is 0 Å². The van der Waals surface area contributed by atoms with Gasteiger partial charge in [0.15, 0.2) is 0 Å². The summed E-state index contributed by atoms with van der Waals surface area (Å²) in [5.74, 6) is -6.30. The first-order valence-electron chi connectivity index (χ1n) is 52.1. The van der Waals surface area contributed by atoms with Gasteiger partial charge in [-0.2, -0.15) is 66.2 Å². The zero-order valence-corrected chi connectivity index (χ0v) is 72.6. The number of fused-ring (bicyclic) bond motifs is 8. The number of halogens is 4. The second-order valence-corrected chi connectivity index (χ2v) is 31.0. The van der Waals surface area contributed by atoms with Crippen LogP contribution in [-0.2, 0) is 59.4 Å². The van der Waals surface area contributed by atoms with Crippen molar-refractivity contribution in [1.82, 2.24) is 19.1 Å². The number of anilines is 8. The van der Waals surface area contributed by atoms with Gasteiger partial charge in [-0.25, -0.2) is 27.5 Å². The third kappa shape index (κ3) is 14.9. The van der Waals surface area contributed by atoms with Crippen LogP contribution in [0.5, 0.6) is 0 Å². The Morgan fingerprint density at radius 3 is 1.25 bits per heavy atom. The summed E-state index contributed by atoms with van der Waals surface area (Å²) in [7, 11) is 0. The summed E-state index contributed by atoms with van der Waals surface area (Å²) < 4.78 is 294. The first-order valence-corrected chi connectivity index (χ1v) is 39.6. The molecule has 4 aromatic heterocycles. The number of aryl methyl sites for hydroxylation is 1. The topological polar surface area (TPSA) is 48.6 Å². The minimum atomic E-state index is -3.71. The van der Waals surface area contributed by atoms with E-state index >= 15 is 17.6 Å². The largest absolute Gasteiger partial charge is 0.493 e. The molecule has 0 N–H and O–H groups in total. The molecule has 2 aliphatic heterocycles. The molecule has 0 fully saturated rings. The van der Waals surface area contributed by atoms with Gasteiger partial charge in [0, 0.05) is 122 Å². The van der Waals surface area contributed by atoms with Crippen LogP contribution in [0.4, 0.5) is 63.1 Å². The van der Waals surface area contributed by atoms with Gasteiger partial charge in [-0.3, -0.25) is 0 Å². The van der Waals surface area contributed by atoms with E-state index < -0.39 is 202 Å². The first kappa shape index (κ1) is 58.6. The number of aromatic nitrogens is 4. The predicted molar refractivity (Wildman–Crippen MR) is 499 cm³/mol. The normalized spacial score (nSPS) is 15.4. The van der Waals surface area contributed by atoms with Crippen LogP contribution in [-0.4, -0.2) is 19.1 Å². The molecule has 0 saturated heterocycles. The zero-order chi connectivity index (χ0) is 106. The second-order valence-electron chi connectivity index (χ2n) is 31.0. The summed E-state index contributed by atoms with van der Waals surface area (Å²) in [6.45, 7) is 16.3. The number of nitrogens with zero attached hydrogens (tertiary/aromatic N) is 8. The minimum Gasteiger partial charge on any atom is -0.493 e. The van der Waals surface area contributed by atoms with E-state index in [2.05, 4.69) is 50.0 Å². The van der Waals surface area contributed by atoms with Crippen molar-refractivity contribution in [3.63, 3.8) is 0 Å². The maximum Gasteiger partial charge on any atom is 0.254 e. The van der Waals surface area contributed by atoms with Gasteiger partial charge < -0.3 is 28.7 Å². The fraction of sp³-hybridized carbons (Fsp3) is 0.0893. The van der Waals surface area contributed by atoms with Crippen molar-refractivity contribution >= 4 is 89.1 Å². The van der Waals surface area contributed by atoms with Crippen LogP contribution in [0.2, 0.25) is 0 Å². The molecular weight excluding hydrogens is 1920 g/mol. The molecule has 126 heavy (non-hydrogen) atoms. The summed E-state index contributed by atoms with van der Waals surface area (Å²) in [5.41, 5.74) is 3.06. The first-order chi connectivity index (χ1) is 70.7. The van der Waals surface area contributed by atoms with Crippen molar-refractivity contribution in [3.05, 3.63) is 445 Å². The molecule has 0 unspecified atom stereocenters. The quantitative estimate of drug-likeness (QED) is 0.0753. The molecule has 0 aliphatic carbocycles. The van der Waals surface area contributed by atoms with Gasteiger partial charge in [0.25, 0.3) is 11.8 Å². The van der Waals surface area contributed by atoms with Crippen LogP contribution in [0.1, 0.15) is 105 Å².